The van der Waals surface area contributed by atoms with Crippen molar-refractivity contribution in [2.45, 2.75) is 26.7 Å². The maximum atomic E-state index is 13.4. The molecule has 2 aromatic rings. The maximum absolute atomic E-state index is 13.4. The fourth-order valence-corrected chi connectivity index (χ4v) is 2.00. The van der Waals surface area contributed by atoms with Gasteiger partial charge in [0.25, 0.3) is 0 Å². The summed E-state index contributed by atoms with van der Waals surface area (Å²) in [6, 6.07) is 3.45. The molecule has 0 aliphatic rings. The van der Waals surface area contributed by atoms with Crippen LogP contribution in [-0.4, -0.2) is 16.1 Å². The highest BCUT2D eigenvalue weighted by Gasteiger charge is 2.13. The summed E-state index contributed by atoms with van der Waals surface area (Å²) in [6.45, 7) is 3.71. The van der Waals surface area contributed by atoms with E-state index in [0.29, 0.717) is 6.42 Å². The van der Waals surface area contributed by atoms with Crippen molar-refractivity contribution in [3.63, 3.8) is 0 Å². The van der Waals surface area contributed by atoms with Crippen LogP contribution in [0.15, 0.2) is 18.2 Å². The van der Waals surface area contributed by atoms with Crippen LogP contribution in [-0.2, 0) is 11.2 Å². The number of aromatic nitrogens is 2. The molecule has 20 heavy (non-hydrogen) atoms. The van der Waals surface area contributed by atoms with Crippen molar-refractivity contribution in [1.29, 1.82) is 0 Å². The minimum Gasteiger partial charge on any atom is -0.321 e. The van der Waals surface area contributed by atoms with Gasteiger partial charge in [-0.15, -0.1) is 0 Å². The molecule has 1 heterocycles. The van der Waals surface area contributed by atoms with Crippen molar-refractivity contribution >= 4 is 11.6 Å². The Bertz CT molecular complexity index is 598. The minimum atomic E-state index is -0.783. The summed E-state index contributed by atoms with van der Waals surface area (Å²) in [5, 5.41) is 9.12. The highest BCUT2D eigenvalue weighted by atomic mass is 19.1. The molecular weight excluding hydrogens is 264 g/mol. The number of hydrogen-bond acceptors (Lipinski definition) is 2. The maximum Gasteiger partial charge on any atom is 0.224 e. The smallest absolute Gasteiger partial charge is 0.224 e. The third-order valence-electron chi connectivity index (χ3n) is 3.11. The highest BCUT2D eigenvalue weighted by Crippen LogP contribution is 2.19. The molecule has 0 saturated carbocycles. The van der Waals surface area contributed by atoms with Crippen molar-refractivity contribution in [2.24, 2.45) is 0 Å². The molecule has 4 nitrogen and oxygen atoms in total. The molecule has 0 aliphatic heterocycles. The van der Waals surface area contributed by atoms with Gasteiger partial charge in [-0.2, -0.15) is 5.10 Å². The number of benzene rings is 1. The van der Waals surface area contributed by atoms with Crippen molar-refractivity contribution in [3.8, 4) is 0 Å². The number of nitrogens with zero attached hydrogens (tertiary/aromatic N) is 1. The van der Waals surface area contributed by atoms with Gasteiger partial charge in [0, 0.05) is 12.1 Å². The van der Waals surface area contributed by atoms with E-state index in [0.717, 1.165) is 29.1 Å². The number of nitrogens with one attached hydrogen (secondary N) is 2. The predicted molar refractivity (Wildman–Crippen MR) is 71.4 cm³/mol. The first-order valence-corrected chi connectivity index (χ1v) is 6.23. The first-order chi connectivity index (χ1) is 9.49. The molecule has 1 aromatic carbocycles. The fraction of sp³-hybridized carbons (Fsp3) is 0.286. The largest absolute Gasteiger partial charge is 0.321 e. The minimum absolute atomic E-state index is 0.134. The lowest BCUT2D eigenvalue weighted by Crippen LogP contribution is -2.15. The average molecular weight is 279 g/mol. The SMILES string of the molecule is Cc1n[nH]c(C)c1CCC(=O)Nc1c(F)cccc1F. The zero-order valence-corrected chi connectivity index (χ0v) is 11.3. The van der Waals surface area contributed by atoms with Crippen LogP contribution < -0.4 is 5.32 Å². The number of rotatable bonds is 4. The monoisotopic (exact) mass is 279 g/mol. The van der Waals surface area contributed by atoms with Crippen molar-refractivity contribution in [2.75, 3.05) is 5.32 Å². The Morgan fingerprint density at radius 2 is 1.95 bits per heavy atom. The number of H-pyrrole nitrogens is 1. The summed E-state index contributed by atoms with van der Waals surface area (Å²) >= 11 is 0. The molecule has 2 N–H and O–H groups in total. The number of hydrogen-bond donors (Lipinski definition) is 2. The number of carbonyl (C=O) groups excluding carboxylic acids is 1. The van der Waals surface area contributed by atoms with Gasteiger partial charge < -0.3 is 5.32 Å². The summed E-state index contributed by atoms with van der Waals surface area (Å²) < 4.78 is 26.8. The summed E-state index contributed by atoms with van der Waals surface area (Å²) in [6.07, 6.45) is 0.602. The Morgan fingerprint density at radius 3 is 2.50 bits per heavy atom. The van der Waals surface area contributed by atoms with Gasteiger partial charge in [-0.1, -0.05) is 6.07 Å². The second-order valence-corrected chi connectivity index (χ2v) is 4.56. The molecule has 0 spiro atoms. The van der Waals surface area contributed by atoms with Crippen molar-refractivity contribution in [3.05, 3.63) is 46.8 Å². The first-order valence-electron chi connectivity index (χ1n) is 6.23. The molecule has 0 bridgehead atoms. The van der Waals surface area contributed by atoms with Crippen LogP contribution >= 0.6 is 0 Å². The summed E-state index contributed by atoms with van der Waals surface area (Å²) in [5.74, 6) is -2.00. The quantitative estimate of drug-likeness (QED) is 0.904. The van der Waals surface area contributed by atoms with Gasteiger partial charge in [0.1, 0.15) is 17.3 Å². The zero-order chi connectivity index (χ0) is 14.7. The Hall–Kier alpha value is -2.24. The van der Waals surface area contributed by atoms with E-state index < -0.39 is 23.2 Å². The van der Waals surface area contributed by atoms with Gasteiger partial charge in [-0.3, -0.25) is 9.89 Å². The molecule has 0 fully saturated rings. The Kier molecular flexibility index (Phi) is 4.12. The number of halogens is 2. The van der Waals surface area contributed by atoms with Crippen LogP contribution in [0.1, 0.15) is 23.4 Å². The van der Waals surface area contributed by atoms with Crippen LogP contribution in [0, 0.1) is 25.5 Å². The van der Waals surface area contributed by atoms with Crippen LogP contribution in [0.4, 0.5) is 14.5 Å². The van der Waals surface area contributed by atoms with E-state index in [1.807, 2.05) is 13.8 Å². The molecule has 0 unspecified atom stereocenters. The number of aryl methyl sites for hydroxylation is 2. The zero-order valence-electron chi connectivity index (χ0n) is 11.3. The summed E-state index contributed by atoms with van der Waals surface area (Å²) in [5.41, 5.74) is 2.27. The van der Waals surface area contributed by atoms with E-state index in [2.05, 4.69) is 15.5 Å². The van der Waals surface area contributed by atoms with Crippen molar-refractivity contribution in [1.82, 2.24) is 10.2 Å². The molecule has 0 saturated heterocycles. The number of para-hydroxylation sites is 1. The van der Waals surface area contributed by atoms with Crippen LogP contribution in [0.25, 0.3) is 0 Å². The molecule has 0 radical (unpaired) electrons. The van der Waals surface area contributed by atoms with Gasteiger partial charge in [-0.05, 0) is 38.0 Å². The van der Waals surface area contributed by atoms with Crippen LogP contribution in [0.5, 0.6) is 0 Å². The van der Waals surface area contributed by atoms with Gasteiger partial charge in [0.2, 0.25) is 5.91 Å². The number of anilines is 1. The van der Waals surface area contributed by atoms with Gasteiger partial charge in [0.15, 0.2) is 0 Å². The van der Waals surface area contributed by atoms with E-state index >= 15 is 0 Å². The Balaban J connectivity index is 2.00. The second kappa shape index (κ2) is 5.81. The molecular formula is C14H15F2N3O. The molecule has 1 aromatic heterocycles. The van der Waals surface area contributed by atoms with Gasteiger partial charge in [0.05, 0.1) is 5.69 Å². The summed E-state index contributed by atoms with van der Waals surface area (Å²) in [4.78, 5) is 11.8. The van der Waals surface area contributed by atoms with Gasteiger partial charge in [-0.25, -0.2) is 8.78 Å². The topological polar surface area (TPSA) is 57.8 Å². The lowest BCUT2D eigenvalue weighted by atomic mass is 10.1. The standard InChI is InChI=1S/C14H15F2N3O/c1-8-10(9(2)19-18-8)6-7-13(20)17-14-11(15)4-3-5-12(14)16/h3-5H,6-7H2,1-2H3,(H,17,20)(H,18,19). The number of carbonyl (C=O) groups is 1. The van der Waals surface area contributed by atoms with Crippen LogP contribution in [0.2, 0.25) is 0 Å². The van der Waals surface area contributed by atoms with E-state index in [-0.39, 0.29) is 6.42 Å². The van der Waals surface area contributed by atoms with Crippen LogP contribution in [0.3, 0.4) is 0 Å². The molecule has 0 aliphatic carbocycles. The van der Waals surface area contributed by atoms with E-state index in [1.54, 1.807) is 0 Å². The Labute approximate surface area is 115 Å². The van der Waals surface area contributed by atoms with E-state index in [1.165, 1.54) is 6.07 Å². The van der Waals surface area contributed by atoms with Crippen molar-refractivity contribution < 1.29 is 13.6 Å². The lowest BCUT2D eigenvalue weighted by Gasteiger charge is -2.07. The Morgan fingerprint density at radius 1 is 1.30 bits per heavy atom. The van der Waals surface area contributed by atoms with E-state index in [9.17, 15) is 13.6 Å². The van der Waals surface area contributed by atoms with E-state index in [4.69, 9.17) is 0 Å². The number of amides is 1. The molecule has 1 amide bonds. The molecule has 106 valence electrons. The summed E-state index contributed by atoms with van der Waals surface area (Å²) in [7, 11) is 0. The average Bonchev–Trinajstić information content (AvgIpc) is 2.71. The third kappa shape index (κ3) is 3.01. The third-order valence-corrected chi connectivity index (χ3v) is 3.11. The normalized spacial score (nSPS) is 10.6. The fourth-order valence-electron chi connectivity index (χ4n) is 2.00. The lowest BCUT2D eigenvalue weighted by molar-refractivity contribution is -0.116. The molecule has 6 heteroatoms. The van der Waals surface area contributed by atoms with Gasteiger partial charge >= 0.3 is 0 Å². The molecule has 0 atom stereocenters. The second-order valence-electron chi connectivity index (χ2n) is 4.56. The number of aromatic amines is 1. The first kappa shape index (κ1) is 14.2. The molecule has 2 rings (SSSR count). The highest BCUT2D eigenvalue weighted by molar-refractivity contribution is 5.91. The predicted octanol–water partition coefficient (Wildman–Crippen LogP) is 2.88.